The Labute approximate surface area is 159 Å². The number of ether oxygens (including phenoxy) is 1. The van der Waals surface area contributed by atoms with Crippen molar-refractivity contribution in [3.8, 4) is 17.1 Å². The summed E-state index contributed by atoms with van der Waals surface area (Å²) in [6.07, 6.45) is 13.0. The van der Waals surface area contributed by atoms with Crippen molar-refractivity contribution in [3.05, 3.63) is 41.7 Å². The second-order valence-corrected chi connectivity index (χ2v) is 7.06. The van der Waals surface area contributed by atoms with Crippen molar-refractivity contribution in [2.75, 3.05) is 6.61 Å². The molecule has 1 aromatic heterocycles. The molecule has 0 aliphatic carbocycles. The maximum atomic E-state index is 5.83. The molecule has 0 aliphatic rings. The van der Waals surface area contributed by atoms with Crippen LogP contribution in [0.1, 0.15) is 76.5 Å². The molecule has 1 aromatic carbocycles. The molecule has 26 heavy (non-hydrogen) atoms. The van der Waals surface area contributed by atoms with E-state index in [0.29, 0.717) is 0 Å². The molecule has 0 unspecified atom stereocenters. The van der Waals surface area contributed by atoms with E-state index < -0.39 is 0 Å². The van der Waals surface area contributed by atoms with E-state index in [-0.39, 0.29) is 0 Å². The third-order valence-electron chi connectivity index (χ3n) is 4.72. The van der Waals surface area contributed by atoms with Gasteiger partial charge in [-0.15, -0.1) is 0 Å². The smallest absolute Gasteiger partial charge is 0.159 e. The van der Waals surface area contributed by atoms with Gasteiger partial charge in [0.15, 0.2) is 11.6 Å². The number of aromatic nitrogens is 2. The molecule has 3 nitrogen and oxygen atoms in total. The van der Waals surface area contributed by atoms with Crippen LogP contribution < -0.4 is 4.74 Å². The molecule has 0 aliphatic heterocycles. The first-order chi connectivity index (χ1) is 12.7. The first kappa shape index (κ1) is 20.4. The second-order valence-electron chi connectivity index (χ2n) is 7.06. The van der Waals surface area contributed by atoms with Gasteiger partial charge in [0.1, 0.15) is 0 Å². The Kier molecular flexibility index (Phi) is 9.16. The Morgan fingerprint density at radius 3 is 2.19 bits per heavy atom. The van der Waals surface area contributed by atoms with Gasteiger partial charge in [0.05, 0.1) is 18.5 Å². The van der Waals surface area contributed by atoms with Gasteiger partial charge in [-0.2, -0.15) is 0 Å². The first-order valence-corrected chi connectivity index (χ1v) is 10.3. The van der Waals surface area contributed by atoms with Crippen LogP contribution in [0.4, 0.5) is 0 Å². The van der Waals surface area contributed by atoms with Crippen molar-refractivity contribution in [1.82, 2.24) is 9.97 Å². The summed E-state index contributed by atoms with van der Waals surface area (Å²) in [6.45, 7) is 7.21. The first-order valence-electron chi connectivity index (χ1n) is 10.3. The Bertz CT molecular complexity index is 637. The van der Waals surface area contributed by atoms with Crippen molar-refractivity contribution in [3.63, 3.8) is 0 Å². The predicted octanol–water partition coefficient (Wildman–Crippen LogP) is 6.53. The van der Waals surface area contributed by atoms with Crippen molar-refractivity contribution in [2.45, 2.75) is 78.6 Å². The van der Waals surface area contributed by atoms with Crippen LogP contribution in [0.25, 0.3) is 11.4 Å². The van der Waals surface area contributed by atoms with Crippen LogP contribution in [-0.2, 0) is 6.42 Å². The molecular weight excluding hydrogens is 320 g/mol. The van der Waals surface area contributed by atoms with E-state index in [1.54, 1.807) is 0 Å². The highest BCUT2D eigenvalue weighted by atomic mass is 16.5. The van der Waals surface area contributed by atoms with Crippen LogP contribution >= 0.6 is 0 Å². The molecule has 0 radical (unpaired) electrons. The summed E-state index contributed by atoms with van der Waals surface area (Å²) >= 11 is 0. The van der Waals surface area contributed by atoms with Gasteiger partial charge in [0, 0.05) is 5.56 Å². The fraction of sp³-hybridized carbons (Fsp3) is 0.565. The van der Waals surface area contributed by atoms with Crippen molar-refractivity contribution in [2.24, 2.45) is 0 Å². The Morgan fingerprint density at radius 2 is 1.54 bits per heavy atom. The number of aryl methyl sites for hydroxylation is 2. The van der Waals surface area contributed by atoms with Gasteiger partial charge in [-0.1, -0.05) is 76.6 Å². The normalized spacial score (nSPS) is 10.9. The summed E-state index contributed by atoms with van der Waals surface area (Å²) in [4.78, 5) is 9.14. The van der Waals surface area contributed by atoms with Gasteiger partial charge < -0.3 is 4.74 Å². The Morgan fingerprint density at radius 1 is 0.846 bits per heavy atom. The zero-order chi connectivity index (χ0) is 18.6. The number of hydrogen-bond acceptors (Lipinski definition) is 3. The number of unbranched alkanes of at least 4 members (excludes halogenated alkanes) is 6. The average Bonchev–Trinajstić information content (AvgIpc) is 2.67. The molecule has 0 atom stereocenters. The maximum Gasteiger partial charge on any atom is 0.159 e. The fourth-order valence-corrected chi connectivity index (χ4v) is 3.02. The quantitative estimate of drug-likeness (QED) is 0.406. The van der Waals surface area contributed by atoms with E-state index in [4.69, 9.17) is 4.74 Å². The Balaban J connectivity index is 1.89. The minimum Gasteiger partial charge on any atom is -0.490 e. The lowest BCUT2D eigenvalue weighted by Gasteiger charge is -2.09. The summed E-state index contributed by atoms with van der Waals surface area (Å²) in [6, 6.07) is 8.68. The third kappa shape index (κ3) is 6.78. The van der Waals surface area contributed by atoms with Crippen molar-refractivity contribution in [1.29, 1.82) is 0 Å². The zero-order valence-electron chi connectivity index (χ0n) is 16.8. The maximum absolute atomic E-state index is 5.83. The SMILES string of the molecule is CCCCCCOc1cnc(-c2ccc(CCCCCC)cc2)nc1C. The van der Waals surface area contributed by atoms with E-state index in [0.717, 1.165) is 42.3 Å². The van der Waals surface area contributed by atoms with Crippen LogP contribution in [0.2, 0.25) is 0 Å². The van der Waals surface area contributed by atoms with Gasteiger partial charge in [0.2, 0.25) is 0 Å². The molecule has 0 saturated heterocycles. The summed E-state index contributed by atoms with van der Waals surface area (Å²) in [5, 5.41) is 0. The van der Waals surface area contributed by atoms with Gasteiger partial charge in [0.25, 0.3) is 0 Å². The van der Waals surface area contributed by atoms with Crippen molar-refractivity contribution >= 4 is 0 Å². The highest BCUT2D eigenvalue weighted by molar-refractivity contribution is 5.56. The number of hydrogen-bond donors (Lipinski definition) is 0. The third-order valence-corrected chi connectivity index (χ3v) is 4.72. The number of rotatable bonds is 12. The fourth-order valence-electron chi connectivity index (χ4n) is 3.02. The molecule has 0 bridgehead atoms. The molecule has 0 saturated carbocycles. The minimum atomic E-state index is 0.746. The van der Waals surface area contributed by atoms with Gasteiger partial charge in [-0.3, -0.25) is 0 Å². The van der Waals surface area contributed by atoms with Gasteiger partial charge in [-0.25, -0.2) is 9.97 Å². The molecular formula is C23H34N2O. The molecule has 2 aromatic rings. The van der Waals surface area contributed by atoms with E-state index in [1.807, 2.05) is 13.1 Å². The lowest BCUT2D eigenvalue weighted by molar-refractivity contribution is 0.300. The van der Waals surface area contributed by atoms with Gasteiger partial charge >= 0.3 is 0 Å². The molecule has 0 N–H and O–H groups in total. The van der Waals surface area contributed by atoms with Crippen LogP contribution in [0.15, 0.2) is 30.5 Å². The average molecular weight is 355 g/mol. The standard InChI is InChI=1S/C23H34N2O/c1-4-6-8-10-12-20-13-15-21(16-14-20)23-24-18-22(19(3)25-23)26-17-11-9-7-5-2/h13-16,18H,4-12,17H2,1-3H3. The highest BCUT2D eigenvalue weighted by Gasteiger charge is 2.07. The van der Waals surface area contributed by atoms with E-state index in [2.05, 4.69) is 48.1 Å². The van der Waals surface area contributed by atoms with Crippen LogP contribution in [0, 0.1) is 6.92 Å². The molecule has 0 fully saturated rings. The largest absolute Gasteiger partial charge is 0.490 e. The minimum absolute atomic E-state index is 0.746. The van der Waals surface area contributed by atoms with Gasteiger partial charge in [-0.05, 0) is 31.7 Å². The topological polar surface area (TPSA) is 35.0 Å². The van der Waals surface area contributed by atoms with E-state index in [9.17, 15) is 0 Å². The lowest BCUT2D eigenvalue weighted by atomic mass is 10.0. The molecule has 142 valence electrons. The molecule has 0 amide bonds. The zero-order valence-corrected chi connectivity index (χ0v) is 16.8. The monoisotopic (exact) mass is 354 g/mol. The van der Waals surface area contributed by atoms with Crippen LogP contribution in [-0.4, -0.2) is 16.6 Å². The predicted molar refractivity (Wildman–Crippen MR) is 110 cm³/mol. The number of nitrogens with zero attached hydrogens (tertiary/aromatic N) is 2. The molecule has 0 spiro atoms. The molecule has 3 heteroatoms. The highest BCUT2D eigenvalue weighted by Crippen LogP contribution is 2.21. The van der Waals surface area contributed by atoms with Crippen molar-refractivity contribution < 1.29 is 4.74 Å². The van der Waals surface area contributed by atoms with E-state index in [1.165, 1.54) is 50.5 Å². The summed E-state index contributed by atoms with van der Waals surface area (Å²) < 4.78 is 5.83. The summed E-state index contributed by atoms with van der Waals surface area (Å²) in [7, 11) is 0. The van der Waals surface area contributed by atoms with E-state index >= 15 is 0 Å². The van der Waals surface area contributed by atoms with Crippen LogP contribution in [0.5, 0.6) is 5.75 Å². The molecule has 2 rings (SSSR count). The number of benzene rings is 1. The second kappa shape index (κ2) is 11.7. The summed E-state index contributed by atoms with van der Waals surface area (Å²) in [5.74, 6) is 1.58. The summed E-state index contributed by atoms with van der Waals surface area (Å²) in [5.41, 5.74) is 3.38. The lowest BCUT2D eigenvalue weighted by Crippen LogP contribution is -2.02. The van der Waals surface area contributed by atoms with Crippen LogP contribution in [0.3, 0.4) is 0 Å². The molecule has 1 heterocycles. The Hall–Kier alpha value is -1.90.